The van der Waals surface area contributed by atoms with E-state index in [9.17, 15) is 4.79 Å². The highest BCUT2D eigenvalue weighted by atomic mass is 16.1. The monoisotopic (exact) mass is 334 g/mol. The molecule has 0 radical (unpaired) electrons. The Hall–Kier alpha value is -3.08. The zero-order chi connectivity index (χ0) is 17.5. The van der Waals surface area contributed by atoms with E-state index < -0.39 is 0 Å². The van der Waals surface area contributed by atoms with Crippen LogP contribution in [0.25, 0.3) is 0 Å². The lowest BCUT2D eigenvalue weighted by atomic mass is 10.1. The summed E-state index contributed by atoms with van der Waals surface area (Å²) in [6, 6.07) is 17.3. The van der Waals surface area contributed by atoms with Crippen LogP contribution in [-0.2, 0) is 13.0 Å². The molecule has 0 aliphatic rings. The molecule has 0 spiro atoms. The lowest BCUT2D eigenvalue weighted by Crippen LogP contribution is -2.12. The van der Waals surface area contributed by atoms with Crippen molar-refractivity contribution in [2.24, 2.45) is 0 Å². The van der Waals surface area contributed by atoms with Gasteiger partial charge in [0.1, 0.15) is 0 Å². The first kappa shape index (κ1) is 16.8. The number of aryl methyl sites for hydroxylation is 1. The lowest BCUT2D eigenvalue weighted by molar-refractivity contribution is 0.102. The Balaban J connectivity index is 1.51. The third kappa shape index (κ3) is 4.70. The first-order valence-electron chi connectivity index (χ1n) is 8.46. The van der Waals surface area contributed by atoms with Crippen molar-refractivity contribution in [1.82, 2.24) is 9.78 Å². The molecular weight excluding hydrogens is 312 g/mol. The summed E-state index contributed by atoms with van der Waals surface area (Å²) in [5.74, 6) is -0.0953. The molecule has 128 valence electrons. The van der Waals surface area contributed by atoms with Gasteiger partial charge < -0.3 is 10.6 Å². The van der Waals surface area contributed by atoms with Gasteiger partial charge in [0.25, 0.3) is 5.91 Å². The number of aromatic nitrogens is 2. The van der Waals surface area contributed by atoms with E-state index in [1.54, 1.807) is 6.20 Å². The van der Waals surface area contributed by atoms with Crippen molar-refractivity contribution in [2.45, 2.75) is 19.9 Å². The summed E-state index contributed by atoms with van der Waals surface area (Å²) < 4.78 is 1.88. The van der Waals surface area contributed by atoms with Gasteiger partial charge in [-0.1, -0.05) is 19.1 Å². The number of anilines is 2. The van der Waals surface area contributed by atoms with Gasteiger partial charge in [-0.3, -0.25) is 9.48 Å². The van der Waals surface area contributed by atoms with Crippen LogP contribution in [0.3, 0.4) is 0 Å². The van der Waals surface area contributed by atoms with Crippen LogP contribution in [0.2, 0.25) is 0 Å². The Morgan fingerprint density at radius 3 is 2.40 bits per heavy atom. The number of amides is 1. The van der Waals surface area contributed by atoms with Crippen LogP contribution in [0.1, 0.15) is 22.8 Å². The van der Waals surface area contributed by atoms with Gasteiger partial charge in [-0.15, -0.1) is 0 Å². The van der Waals surface area contributed by atoms with Crippen molar-refractivity contribution in [3.05, 3.63) is 78.1 Å². The quantitative estimate of drug-likeness (QED) is 0.691. The fourth-order valence-corrected chi connectivity index (χ4v) is 2.51. The van der Waals surface area contributed by atoms with E-state index in [1.165, 1.54) is 5.56 Å². The summed E-state index contributed by atoms with van der Waals surface area (Å²) in [7, 11) is 0. The molecule has 0 atom stereocenters. The fourth-order valence-electron chi connectivity index (χ4n) is 2.51. The summed E-state index contributed by atoms with van der Waals surface area (Å²) in [5.41, 5.74) is 3.68. The van der Waals surface area contributed by atoms with Crippen molar-refractivity contribution in [3.63, 3.8) is 0 Å². The number of benzene rings is 2. The molecule has 0 saturated heterocycles. The molecule has 0 fully saturated rings. The number of hydrogen-bond acceptors (Lipinski definition) is 3. The van der Waals surface area contributed by atoms with Crippen molar-refractivity contribution >= 4 is 17.3 Å². The van der Waals surface area contributed by atoms with Gasteiger partial charge in [-0.05, 0) is 54.4 Å². The van der Waals surface area contributed by atoms with Gasteiger partial charge in [0.05, 0.1) is 6.54 Å². The highest BCUT2D eigenvalue weighted by Gasteiger charge is 2.05. The lowest BCUT2D eigenvalue weighted by Gasteiger charge is -2.09. The summed E-state index contributed by atoms with van der Waals surface area (Å²) >= 11 is 0. The third-order valence-electron chi connectivity index (χ3n) is 4.00. The zero-order valence-electron chi connectivity index (χ0n) is 14.3. The molecule has 0 saturated carbocycles. The van der Waals surface area contributed by atoms with Crippen molar-refractivity contribution in [1.29, 1.82) is 0 Å². The Morgan fingerprint density at radius 2 is 1.76 bits per heavy atom. The molecule has 5 heteroatoms. The molecule has 0 aliphatic heterocycles. The molecule has 3 aromatic rings. The molecule has 0 bridgehead atoms. The van der Waals surface area contributed by atoms with Crippen molar-refractivity contribution in [3.8, 4) is 0 Å². The second-order valence-corrected chi connectivity index (χ2v) is 5.78. The SMILES string of the molecule is CCc1ccc(C(=O)Nc2ccc(NCCn3cccn3)cc2)cc1. The van der Waals surface area contributed by atoms with Gasteiger partial charge in [0.15, 0.2) is 0 Å². The second-order valence-electron chi connectivity index (χ2n) is 5.78. The average Bonchev–Trinajstić information content (AvgIpc) is 3.17. The molecule has 5 nitrogen and oxygen atoms in total. The van der Waals surface area contributed by atoms with Crippen LogP contribution in [0.5, 0.6) is 0 Å². The van der Waals surface area contributed by atoms with Crippen LogP contribution in [-0.4, -0.2) is 22.2 Å². The minimum Gasteiger partial charge on any atom is -0.383 e. The topological polar surface area (TPSA) is 59.0 Å². The summed E-state index contributed by atoms with van der Waals surface area (Å²) in [6.07, 6.45) is 4.68. The smallest absolute Gasteiger partial charge is 0.255 e. The minimum atomic E-state index is -0.0953. The van der Waals surface area contributed by atoms with Gasteiger partial charge in [0.2, 0.25) is 0 Å². The summed E-state index contributed by atoms with van der Waals surface area (Å²) in [5, 5.41) is 10.4. The van der Waals surface area contributed by atoms with Crippen LogP contribution >= 0.6 is 0 Å². The van der Waals surface area contributed by atoms with Crippen molar-refractivity contribution in [2.75, 3.05) is 17.2 Å². The predicted octanol–water partition coefficient (Wildman–Crippen LogP) is 3.81. The third-order valence-corrected chi connectivity index (χ3v) is 4.00. The molecule has 25 heavy (non-hydrogen) atoms. The van der Waals surface area contributed by atoms with Gasteiger partial charge >= 0.3 is 0 Å². The van der Waals surface area contributed by atoms with E-state index in [0.29, 0.717) is 5.56 Å². The fraction of sp³-hybridized carbons (Fsp3) is 0.200. The van der Waals surface area contributed by atoms with Crippen LogP contribution in [0.4, 0.5) is 11.4 Å². The number of nitrogens with one attached hydrogen (secondary N) is 2. The Bertz CT molecular complexity index is 793. The number of rotatable bonds is 7. The summed E-state index contributed by atoms with van der Waals surface area (Å²) in [4.78, 5) is 12.3. The van der Waals surface area contributed by atoms with Gasteiger partial charge in [-0.2, -0.15) is 5.10 Å². The van der Waals surface area contributed by atoms with E-state index >= 15 is 0 Å². The molecule has 3 rings (SSSR count). The predicted molar refractivity (Wildman–Crippen MR) is 101 cm³/mol. The number of carbonyl (C=O) groups excluding carboxylic acids is 1. The molecule has 1 amide bonds. The number of carbonyl (C=O) groups is 1. The van der Waals surface area contributed by atoms with E-state index in [4.69, 9.17) is 0 Å². The standard InChI is InChI=1S/C20H22N4O/c1-2-16-4-6-17(7-5-16)20(25)23-19-10-8-18(9-11-19)21-13-15-24-14-3-12-22-24/h3-12,14,21H,2,13,15H2,1H3,(H,23,25). The molecule has 2 aromatic carbocycles. The highest BCUT2D eigenvalue weighted by molar-refractivity contribution is 6.04. The largest absolute Gasteiger partial charge is 0.383 e. The van der Waals surface area contributed by atoms with E-state index in [-0.39, 0.29) is 5.91 Å². The van der Waals surface area contributed by atoms with Gasteiger partial charge in [-0.25, -0.2) is 0 Å². The summed E-state index contributed by atoms with van der Waals surface area (Å²) in [6.45, 7) is 3.69. The zero-order valence-corrected chi connectivity index (χ0v) is 14.3. The first-order chi connectivity index (χ1) is 12.2. The van der Waals surface area contributed by atoms with E-state index in [0.717, 1.165) is 30.9 Å². The highest BCUT2D eigenvalue weighted by Crippen LogP contribution is 2.15. The number of nitrogens with zero attached hydrogens (tertiary/aromatic N) is 2. The van der Waals surface area contributed by atoms with Crippen LogP contribution in [0.15, 0.2) is 67.0 Å². The maximum absolute atomic E-state index is 12.3. The average molecular weight is 334 g/mol. The molecule has 0 unspecified atom stereocenters. The normalized spacial score (nSPS) is 10.4. The molecule has 2 N–H and O–H groups in total. The maximum atomic E-state index is 12.3. The Labute approximate surface area is 147 Å². The molecule has 1 heterocycles. The van der Waals surface area contributed by atoms with Gasteiger partial charge in [0, 0.05) is 35.9 Å². The number of hydrogen-bond donors (Lipinski definition) is 2. The molecular formula is C20H22N4O. The second kappa shape index (κ2) is 8.15. The first-order valence-corrected chi connectivity index (χ1v) is 8.46. The Morgan fingerprint density at radius 1 is 1.04 bits per heavy atom. The minimum absolute atomic E-state index is 0.0953. The molecule has 1 aromatic heterocycles. The van der Waals surface area contributed by atoms with E-state index in [2.05, 4.69) is 22.7 Å². The Kier molecular flexibility index (Phi) is 5.46. The van der Waals surface area contributed by atoms with Crippen LogP contribution in [0, 0.1) is 0 Å². The maximum Gasteiger partial charge on any atom is 0.255 e. The van der Waals surface area contributed by atoms with Crippen molar-refractivity contribution < 1.29 is 4.79 Å². The van der Waals surface area contributed by atoms with E-state index in [1.807, 2.05) is 65.5 Å². The molecule has 0 aliphatic carbocycles. The van der Waals surface area contributed by atoms with Crippen LogP contribution < -0.4 is 10.6 Å².